The minimum absolute atomic E-state index is 0.272. The second-order valence-corrected chi connectivity index (χ2v) is 5.87. The van der Waals surface area contributed by atoms with Crippen molar-refractivity contribution >= 4 is 5.78 Å². The van der Waals surface area contributed by atoms with Gasteiger partial charge < -0.3 is 0 Å². The first kappa shape index (κ1) is 14.3. The largest absolute Gasteiger partial charge is 0.297 e. The summed E-state index contributed by atoms with van der Waals surface area (Å²) in [6.45, 7) is 2.14. The molecule has 1 aromatic carbocycles. The molecule has 1 fully saturated rings. The maximum absolute atomic E-state index is 12.9. The zero-order valence-corrected chi connectivity index (χ0v) is 12.4. The second kappa shape index (κ2) is 5.87. The molecule has 0 aromatic heterocycles. The van der Waals surface area contributed by atoms with E-state index in [2.05, 4.69) is 24.0 Å². The molecule has 1 saturated carbocycles. The van der Waals surface area contributed by atoms with Gasteiger partial charge in [0.1, 0.15) is 0 Å². The normalized spacial score (nSPS) is 18.5. The van der Waals surface area contributed by atoms with Crippen LogP contribution in [0.1, 0.15) is 54.9 Å². The molecular formula is C17H25NO. The number of hydrogen-bond acceptors (Lipinski definition) is 2. The van der Waals surface area contributed by atoms with Gasteiger partial charge in [0.05, 0.1) is 5.54 Å². The van der Waals surface area contributed by atoms with Gasteiger partial charge in [0.15, 0.2) is 5.78 Å². The van der Waals surface area contributed by atoms with Crippen molar-refractivity contribution in [1.82, 2.24) is 4.90 Å². The number of benzene rings is 1. The van der Waals surface area contributed by atoms with Gasteiger partial charge in [-0.25, -0.2) is 0 Å². The van der Waals surface area contributed by atoms with Gasteiger partial charge in [0.2, 0.25) is 0 Å². The molecule has 0 heterocycles. The van der Waals surface area contributed by atoms with E-state index < -0.39 is 0 Å². The monoisotopic (exact) mass is 259 g/mol. The van der Waals surface area contributed by atoms with Gasteiger partial charge in [-0.05, 0) is 38.9 Å². The molecule has 0 atom stereocenters. The number of rotatable bonds is 4. The van der Waals surface area contributed by atoms with Gasteiger partial charge >= 0.3 is 0 Å². The Morgan fingerprint density at radius 1 is 1.11 bits per heavy atom. The number of nitrogens with zero attached hydrogens (tertiary/aromatic N) is 1. The molecule has 2 heteroatoms. The van der Waals surface area contributed by atoms with Gasteiger partial charge in [0, 0.05) is 5.56 Å². The maximum atomic E-state index is 12.9. The highest BCUT2D eigenvalue weighted by Crippen LogP contribution is 2.35. The van der Waals surface area contributed by atoms with Crippen LogP contribution in [-0.2, 0) is 6.42 Å². The third-order valence-corrected chi connectivity index (χ3v) is 4.58. The fraction of sp³-hybridized carbons (Fsp3) is 0.588. The summed E-state index contributed by atoms with van der Waals surface area (Å²) in [5, 5.41) is 0. The first-order valence-corrected chi connectivity index (χ1v) is 7.41. The molecule has 0 aliphatic heterocycles. The van der Waals surface area contributed by atoms with Crippen LogP contribution in [0.4, 0.5) is 0 Å². The molecule has 0 radical (unpaired) electrons. The Hall–Kier alpha value is -1.15. The Morgan fingerprint density at radius 2 is 1.68 bits per heavy atom. The van der Waals surface area contributed by atoms with Gasteiger partial charge in [-0.3, -0.25) is 9.69 Å². The number of aryl methyl sites for hydroxylation is 1. The third-order valence-electron chi connectivity index (χ3n) is 4.58. The highest BCUT2D eigenvalue weighted by Gasteiger charge is 2.41. The fourth-order valence-electron chi connectivity index (χ4n) is 3.17. The molecule has 19 heavy (non-hydrogen) atoms. The molecule has 0 saturated heterocycles. The Bertz CT molecular complexity index is 427. The number of carbonyl (C=O) groups is 1. The van der Waals surface area contributed by atoms with Crippen molar-refractivity contribution in [2.45, 2.75) is 51.0 Å². The van der Waals surface area contributed by atoms with E-state index in [1.807, 2.05) is 26.2 Å². The molecule has 1 aromatic rings. The van der Waals surface area contributed by atoms with Gasteiger partial charge in [0.25, 0.3) is 0 Å². The lowest BCUT2D eigenvalue weighted by molar-refractivity contribution is 0.0564. The van der Waals surface area contributed by atoms with E-state index in [4.69, 9.17) is 0 Å². The van der Waals surface area contributed by atoms with Crippen molar-refractivity contribution in [2.24, 2.45) is 0 Å². The number of carbonyl (C=O) groups excluding carboxylic acids is 1. The number of likely N-dealkylation sites (N-methyl/N-ethyl adjacent to an activating group) is 1. The third kappa shape index (κ3) is 2.74. The highest BCUT2D eigenvalue weighted by molar-refractivity contribution is 6.03. The molecule has 2 nitrogen and oxygen atoms in total. The van der Waals surface area contributed by atoms with Gasteiger partial charge in [-0.15, -0.1) is 0 Å². The molecule has 0 unspecified atom stereocenters. The van der Waals surface area contributed by atoms with E-state index in [0.29, 0.717) is 5.78 Å². The number of Topliss-reactive ketones (excluding diaryl/α,β-unsaturated/α-hetero) is 1. The van der Waals surface area contributed by atoms with E-state index in [9.17, 15) is 4.79 Å². The van der Waals surface area contributed by atoms with Gasteiger partial charge in [-0.2, -0.15) is 0 Å². The summed E-state index contributed by atoms with van der Waals surface area (Å²) in [6.07, 6.45) is 6.60. The summed E-state index contributed by atoms with van der Waals surface area (Å²) in [6, 6.07) is 8.17. The van der Waals surface area contributed by atoms with Crippen LogP contribution in [0.15, 0.2) is 24.3 Å². The lowest BCUT2D eigenvalue weighted by Crippen LogP contribution is -2.52. The van der Waals surface area contributed by atoms with Crippen molar-refractivity contribution < 1.29 is 4.79 Å². The summed E-state index contributed by atoms with van der Waals surface area (Å²) in [4.78, 5) is 15.1. The van der Waals surface area contributed by atoms with Crippen LogP contribution in [0.2, 0.25) is 0 Å². The molecule has 1 aliphatic rings. The van der Waals surface area contributed by atoms with Crippen molar-refractivity contribution in [1.29, 1.82) is 0 Å². The fourth-order valence-corrected chi connectivity index (χ4v) is 3.17. The minimum atomic E-state index is -0.272. The second-order valence-electron chi connectivity index (χ2n) is 5.87. The van der Waals surface area contributed by atoms with E-state index in [-0.39, 0.29) is 5.54 Å². The van der Waals surface area contributed by atoms with E-state index >= 15 is 0 Å². The SMILES string of the molecule is CCc1ccc(C(=O)C2(N(C)C)CCCCC2)cc1. The summed E-state index contributed by atoms with van der Waals surface area (Å²) >= 11 is 0. The number of hydrogen-bond donors (Lipinski definition) is 0. The van der Waals surface area contributed by atoms with Crippen molar-refractivity contribution in [3.63, 3.8) is 0 Å². The van der Waals surface area contributed by atoms with Crippen molar-refractivity contribution in [3.8, 4) is 0 Å². The first-order chi connectivity index (χ1) is 9.10. The van der Waals surface area contributed by atoms with Crippen molar-refractivity contribution in [3.05, 3.63) is 35.4 Å². The van der Waals surface area contributed by atoms with Crippen LogP contribution in [0, 0.1) is 0 Å². The zero-order chi connectivity index (χ0) is 13.9. The maximum Gasteiger partial charge on any atom is 0.183 e. The molecule has 0 N–H and O–H groups in total. The van der Waals surface area contributed by atoms with E-state index in [1.165, 1.54) is 12.0 Å². The first-order valence-electron chi connectivity index (χ1n) is 7.41. The lowest BCUT2D eigenvalue weighted by atomic mass is 9.75. The average molecular weight is 259 g/mol. The summed E-state index contributed by atoms with van der Waals surface area (Å²) in [5.74, 6) is 0.305. The summed E-state index contributed by atoms with van der Waals surface area (Å²) in [7, 11) is 4.09. The molecule has 2 rings (SSSR count). The van der Waals surface area contributed by atoms with Crippen molar-refractivity contribution in [2.75, 3.05) is 14.1 Å². The van der Waals surface area contributed by atoms with Crippen LogP contribution in [-0.4, -0.2) is 30.3 Å². The average Bonchev–Trinajstić information content (AvgIpc) is 2.47. The highest BCUT2D eigenvalue weighted by atomic mass is 16.1. The number of ketones is 1. The molecule has 104 valence electrons. The lowest BCUT2D eigenvalue weighted by Gasteiger charge is -2.41. The molecule has 0 spiro atoms. The molecule has 0 bridgehead atoms. The summed E-state index contributed by atoms with van der Waals surface area (Å²) in [5.41, 5.74) is 1.89. The summed E-state index contributed by atoms with van der Waals surface area (Å²) < 4.78 is 0. The van der Waals surface area contributed by atoms with E-state index in [1.54, 1.807) is 0 Å². The predicted molar refractivity (Wildman–Crippen MR) is 79.7 cm³/mol. The van der Waals surface area contributed by atoms with Gasteiger partial charge in [-0.1, -0.05) is 50.5 Å². The Labute approximate surface area is 116 Å². The minimum Gasteiger partial charge on any atom is -0.297 e. The standard InChI is InChI=1S/C17H25NO/c1-4-14-8-10-15(11-9-14)16(19)17(18(2)3)12-6-5-7-13-17/h8-11H,4-7,12-13H2,1-3H3. The molecule has 1 aliphatic carbocycles. The Balaban J connectivity index is 2.28. The predicted octanol–water partition coefficient (Wildman–Crippen LogP) is 3.70. The smallest absolute Gasteiger partial charge is 0.183 e. The Morgan fingerprint density at radius 3 is 2.16 bits per heavy atom. The topological polar surface area (TPSA) is 20.3 Å². The molecule has 0 amide bonds. The zero-order valence-electron chi connectivity index (χ0n) is 12.4. The quantitative estimate of drug-likeness (QED) is 0.768. The van der Waals surface area contributed by atoms with Crippen LogP contribution < -0.4 is 0 Å². The Kier molecular flexibility index (Phi) is 4.41. The molecular weight excluding hydrogens is 234 g/mol. The van der Waals surface area contributed by atoms with Crippen LogP contribution in [0.5, 0.6) is 0 Å². The van der Waals surface area contributed by atoms with E-state index in [0.717, 1.165) is 37.7 Å². The van der Waals surface area contributed by atoms with Crippen LogP contribution >= 0.6 is 0 Å². The van der Waals surface area contributed by atoms with Crippen LogP contribution in [0.25, 0.3) is 0 Å². The van der Waals surface area contributed by atoms with Crippen LogP contribution in [0.3, 0.4) is 0 Å².